The molecule has 0 unspecified atom stereocenters. The molecule has 0 radical (unpaired) electrons. The Morgan fingerprint density at radius 2 is 1.58 bits per heavy atom. The van der Waals surface area contributed by atoms with Crippen molar-refractivity contribution in [3.05, 3.63) is 101 Å². The number of H-pyrrole nitrogens is 1. The monoisotopic (exact) mass is 437 g/mol. The minimum atomic E-state index is -0.142. The number of hydrogen-bond acceptors (Lipinski definition) is 5. The van der Waals surface area contributed by atoms with Crippen molar-refractivity contribution in [1.82, 2.24) is 35.0 Å². The minimum Gasteiger partial charge on any atom is -0.274 e. The van der Waals surface area contributed by atoms with Gasteiger partial charge in [0.1, 0.15) is 5.82 Å². The number of tetrazole rings is 1. The van der Waals surface area contributed by atoms with Crippen molar-refractivity contribution in [2.75, 3.05) is 0 Å². The summed E-state index contributed by atoms with van der Waals surface area (Å²) in [4.78, 5) is 13.2. The van der Waals surface area contributed by atoms with E-state index in [1.807, 2.05) is 80.6 Å². The minimum absolute atomic E-state index is 0.115. The van der Waals surface area contributed by atoms with Gasteiger partial charge in [0.25, 0.3) is 0 Å². The molecule has 0 amide bonds. The molecule has 5 aromatic rings. The summed E-state index contributed by atoms with van der Waals surface area (Å²) in [6.45, 7) is 4.54. The zero-order valence-corrected chi connectivity index (χ0v) is 18.4. The number of para-hydroxylation sites is 1. The zero-order chi connectivity index (χ0) is 22.8. The smallest absolute Gasteiger partial charge is 0.274 e. The summed E-state index contributed by atoms with van der Waals surface area (Å²) in [5.41, 5.74) is 4.60. The van der Waals surface area contributed by atoms with Crippen molar-refractivity contribution >= 4 is 0 Å². The summed E-state index contributed by atoms with van der Waals surface area (Å²) in [6.07, 6.45) is 0. The summed E-state index contributed by atoms with van der Waals surface area (Å²) in [6, 6.07) is 25.6. The highest BCUT2D eigenvalue weighted by Gasteiger charge is 2.17. The van der Waals surface area contributed by atoms with Crippen LogP contribution in [-0.4, -0.2) is 35.0 Å². The molecular formula is C25H23N7O. The molecule has 5 rings (SSSR count). The van der Waals surface area contributed by atoms with E-state index in [0.29, 0.717) is 12.4 Å². The fourth-order valence-electron chi connectivity index (χ4n) is 3.90. The lowest BCUT2D eigenvalue weighted by Gasteiger charge is -2.10. The highest BCUT2D eigenvalue weighted by molar-refractivity contribution is 5.80. The summed E-state index contributed by atoms with van der Waals surface area (Å²) < 4.78 is 3.23. The topological polar surface area (TPSA) is 94.3 Å². The number of nitrogens with zero attached hydrogens (tertiary/aromatic N) is 6. The molecule has 0 saturated heterocycles. The van der Waals surface area contributed by atoms with E-state index in [-0.39, 0.29) is 11.6 Å². The van der Waals surface area contributed by atoms with Gasteiger partial charge in [0.2, 0.25) is 5.82 Å². The van der Waals surface area contributed by atoms with Crippen molar-refractivity contribution in [2.24, 2.45) is 0 Å². The Morgan fingerprint density at radius 3 is 2.24 bits per heavy atom. The van der Waals surface area contributed by atoms with Crippen molar-refractivity contribution in [3.8, 4) is 28.2 Å². The summed E-state index contributed by atoms with van der Waals surface area (Å²) >= 11 is 0. The van der Waals surface area contributed by atoms with Crippen LogP contribution in [0.15, 0.2) is 83.7 Å². The fraction of sp³-hybridized carbons (Fsp3) is 0.160. The van der Waals surface area contributed by atoms with Crippen LogP contribution >= 0.6 is 0 Å². The first-order chi connectivity index (χ1) is 16.1. The Kier molecular flexibility index (Phi) is 5.40. The maximum Gasteiger partial charge on any atom is 0.351 e. The zero-order valence-electron chi connectivity index (χ0n) is 18.4. The van der Waals surface area contributed by atoms with Gasteiger partial charge in [-0.3, -0.25) is 4.57 Å². The Hall–Kier alpha value is -4.33. The van der Waals surface area contributed by atoms with Gasteiger partial charge in [-0.1, -0.05) is 80.6 Å². The largest absolute Gasteiger partial charge is 0.351 e. The van der Waals surface area contributed by atoms with Crippen LogP contribution < -0.4 is 5.69 Å². The number of aromatic amines is 1. The van der Waals surface area contributed by atoms with E-state index >= 15 is 0 Å². The normalized spacial score (nSPS) is 11.2. The van der Waals surface area contributed by atoms with Crippen LogP contribution in [0, 0.1) is 0 Å². The number of benzene rings is 3. The molecule has 0 spiro atoms. The van der Waals surface area contributed by atoms with Crippen LogP contribution in [0.25, 0.3) is 28.2 Å². The van der Waals surface area contributed by atoms with E-state index in [9.17, 15) is 4.79 Å². The molecule has 0 fully saturated rings. The molecule has 8 nitrogen and oxygen atoms in total. The van der Waals surface area contributed by atoms with Gasteiger partial charge in [0, 0.05) is 11.5 Å². The van der Waals surface area contributed by atoms with Crippen LogP contribution in [-0.2, 0) is 6.54 Å². The van der Waals surface area contributed by atoms with E-state index in [2.05, 4.69) is 37.9 Å². The summed E-state index contributed by atoms with van der Waals surface area (Å²) in [5.74, 6) is 1.43. The SMILES string of the molecule is CC(C)c1nn(-c2ccccc2)c(=O)n1Cc1ccc(-c2ccccc2-c2nn[nH]n2)cc1. The summed E-state index contributed by atoms with van der Waals surface area (Å²) in [5, 5.41) is 19.0. The average molecular weight is 438 g/mol. The van der Waals surface area contributed by atoms with Crippen LogP contribution in [0.3, 0.4) is 0 Å². The molecule has 0 bridgehead atoms. The highest BCUT2D eigenvalue weighted by atomic mass is 16.2. The number of rotatable bonds is 6. The Balaban J connectivity index is 1.48. The lowest BCUT2D eigenvalue weighted by atomic mass is 9.98. The molecule has 0 aliphatic rings. The first kappa shape index (κ1) is 20.6. The first-order valence-electron chi connectivity index (χ1n) is 10.8. The van der Waals surface area contributed by atoms with Gasteiger partial charge in [0.15, 0.2) is 0 Å². The molecule has 8 heteroatoms. The molecule has 0 saturated carbocycles. The van der Waals surface area contributed by atoms with E-state index in [1.54, 1.807) is 4.57 Å². The van der Waals surface area contributed by atoms with E-state index in [4.69, 9.17) is 0 Å². The van der Waals surface area contributed by atoms with Gasteiger partial charge in [-0.15, -0.1) is 15.3 Å². The predicted octanol–water partition coefficient (Wildman–Crippen LogP) is 4.05. The Labute approximate surface area is 190 Å². The molecule has 0 aliphatic carbocycles. The van der Waals surface area contributed by atoms with Crippen molar-refractivity contribution in [2.45, 2.75) is 26.3 Å². The third kappa shape index (κ3) is 3.98. The first-order valence-corrected chi connectivity index (χ1v) is 10.8. The summed E-state index contributed by atoms with van der Waals surface area (Å²) in [7, 11) is 0. The van der Waals surface area contributed by atoms with Gasteiger partial charge < -0.3 is 0 Å². The molecule has 0 aliphatic heterocycles. The van der Waals surface area contributed by atoms with Gasteiger partial charge in [-0.2, -0.15) is 9.90 Å². The van der Waals surface area contributed by atoms with E-state index < -0.39 is 0 Å². The number of nitrogens with one attached hydrogen (secondary N) is 1. The molecule has 1 N–H and O–H groups in total. The lowest BCUT2D eigenvalue weighted by molar-refractivity contribution is 0.656. The maximum absolute atomic E-state index is 13.2. The van der Waals surface area contributed by atoms with E-state index in [1.165, 1.54) is 4.68 Å². The Bertz CT molecular complexity index is 1420. The number of aromatic nitrogens is 7. The molecule has 2 aromatic heterocycles. The molecule has 0 atom stereocenters. The molecule has 3 aromatic carbocycles. The van der Waals surface area contributed by atoms with Crippen LogP contribution in [0.2, 0.25) is 0 Å². The second kappa shape index (κ2) is 8.66. The quantitative estimate of drug-likeness (QED) is 0.432. The second-order valence-corrected chi connectivity index (χ2v) is 8.11. The Morgan fingerprint density at radius 1 is 0.879 bits per heavy atom. The average Bonchev–Trinajstić information content (AvgIpc) is 3.49. The van der Waals surface area contributed by atoms with Gasteiger partial charge >= 0.3 is 5.69 Å². The van der Waals surface area contributed by atoms with Gasteiger partial charge in [-0.25, -0.2) is 4.79 Å². The molecular weight excluding hydrogens is 414 g/mol. The lowest BCUT2D eigenvalue weighted by Crippen LogP contribution is -2.25. The van der Waals surface area contributed by atoms with Gasteiger partial charge in [0.05, 0.1) is 12.2 Å². The van der Waals surface area contributed by atoms with Crippen LogP contribution in [0.5, 0.6) is 0 Å². The molecule has 33 heavy (non-hydrogen) atoms. The fourth-order valence-corrected chi connectivity index (χ4v) is 3.90. The molecule has 2 heterocycles. The van der Waals surface area contributed by atoms with Crippen molar-refractivity contribution in [1.29, 1.82) is 0 Å². The van der Waals surface area contributed by atoms with Crippen molar-refractivity contribution < 1.29 is 0 Å². The van der Waals surface area contributed by atoms with E-state index in [0.717, 1.165) is 33.8 Å². The highest BCUT2D eigenvalue weighted by Crippen LogP contribution is 2.29. The maximum atomic E-state index is 13.2. The van der Waals surface area contributed by atoms with Crippen LogP contribution in [0.4, 0.5) is 0 Å². The van der Waals surface area contributed by atoms with Crippen molar-refractivity contribution in [3.63, 3.8) is 0 Å². The van der Waals surface area contributed by atoms with Crippen LogP contribution in [0.1, 0.15) is 31.2 Å². The third-order valence-corrected chi connectivity index (χ3v) is 5.53. The molecule has 164 valence electrons. The second-order valence-electron chi connectivity index (χ2n) is 8.11. The third-order valence-electron chi connectivity index (χ3n) is 5.53. The predicted molar refractivity (Wildman–Crippen MR) is 126 cm³/mol. The number of hydrogen-bond donors (Lipinski definition) is 1. The standard InChI is InChI=1S/C25H23N7O/c1-17(2)24-28-32(20-8-4-3-5-9-20)25(33)31(24)16-18-12-14-19(15-13-18)21-10-6-7-11-22(21)23-26-29-30-27-23/h3-15,17H,16H2,1-2H3,(H,26,27,29,30). The van der Waals surface area contributed by atoms with Gasteiger partial charge in [-0.05, 0) is 34.0 Å².